The average molecular weight is 360 g/mol. The fraction of sp³-hybridized carbons (Fsp3) is 0.500. The van der Waals surface area contributed by atoms with Gasteiger partial charge in [-0.1, -0.05) is 0 Å². The van der Waals surface area contributed by atoms with Crippen molar-refractivity contribution in [2.24, 2.45) is 0 Å². The van der Waals surface area contributed by atoms with Gasteiger partial charge in [-0.25, -0.2) is 18.0 Å². The number of rotatable bonds is 4. The first-order chi connectivity index (χ1) is 11.4. The summed E-state index contributed by atoms with van der Waals surface area (Å²) >= 11 is 0. The molecule has 2 N–H and O–H groups in total. The minimum Gasteiger partial charge on any atom is -0.481 e. The molecule has 1 aliphatic rings. The first-order valence-corrected chi connectivity index (χ1v) is 7.54. The van der Waals surface area contributed by atoms with Gasteiger partial charge in [-0.15, -0.1) is 0 Å². The Balaban J connectivity index is 2.15. The summed E-state index contributed by atoms with van der Waals surface area (Å²) in [6.07, 6.45) is -1.08. The normalized spacial score (nSPS) is 16.2. The van der Waals surface area contributed by atoms with Crippen LogP contribution in [0.15, 0.2) is 12.1 Å². The van der Waals surface area contributed by atoms with Crippen LogP contribution in [0.25, 0.3) is 0 Å². The highest BCUT2D eigenvalue weighted by molar-refractivity contribution is 5.74. The van der Waals surface area contributed by atoms with Gasteiger partial charge in [0.15, 0.2) is 17.5 Å². The van der Waals surface area contributed by atoms with Crippen molar-refractivity contribution in [3.8, 4) is 0 Å². The topological polar surface area (TPSA) is 78.9 Å². The van der Waals surface area contributed by atoms with Crippen LogP contribution < -0.4 is 5.32 Å². The zero-order valence-corrected chi connectivity index (χ0v) is 14.0. The molecule has 2 rings (SSSR count). The summed E-state index contributed by atoms with van der Waals surface area (Å²) in [5, 5.41) is 11.7. The lowest BCUT2D eigenvalue weighted by molar-refractivity contribution is -0.139. The maximum atomic E-state index is 13.8. The van der Waals surface area contributed by atoms with Crippen LogP contribution in [0.4, 0.5) is 23.7 Å². The minimum absolute atomic E-state index is 0.0767. The van der Waals surface area contributed by atoms with Gasteiger partial charge in [0.05, 0.1) is 17.6 Å². The number of ether oxygens (including phenoxy) is 1. The monoisotopic (exact) mass is 360 g/mol. The van der Waals surface area contributed by atoms with Crippen LogP contribution in [0, 0.1) is 17.5 Å². The number of carbonyl (C=O) groups is 2. The number of anilines is 1. The molecule has 1 heterocycles. The van der Waals surface area contributed by atoms with E-state index in [1.807, 2.05) is 0 Å². The van der Waals surface area contributed by atoms with Crippen molar-refractivity contribution in [1.82, 2.24) is 4.90 Å². The van der Waals surface area contributed by atoms with Gasteiger partial charge in [-0.2, -0.15) is 0 Å². The van der Waals surface area contributed by atoms with E-state index in [-0.39, 0.29) is 18.8 Å². The van der Waals surface area contributed by atoms with Gasteiger partial charge in [-0.05, 0) is 32.9 Å². The summed E-state index contributed by atoms with van der Waals surface area (Å²) in [7, 11) is 0. The summed E-state index contributed by atoms with van der Waals surface area (Å²) in [5.74, 6) is -5.63. The molecule has 1 saturated heterocycles. The van der Waals surface area contributed by atoms with E-state index in [2.05, 4.69) is 5.32 Å². The number of aliphatic carboxylic acids is 1. The lowest BCUT2D eigenvalue weighted by atomic mass is 9.86. The fourth-order valence-corrected chi connectivity index (χ4v) is 2.57. The molecule has 0 bridgehead atoms. The van der Waals surface area contributed by atoms with Gasteiger partial charge in [0.25, 0.3) is 0 Å². The number of carboxylic acids is 1. The Labute approximate surface area is 142 Å². The van der Waals surface area contributed by atoms with Crippen LogP contribution >= 0.6 is 0 Å². The third kappa shape index (κ3) is 4.34. The second-order valence-corrected chi connectivity index (χ2v) is 7.04. The van der Waals surface area contributed by atoms with Crippen LogP contribution in [-0.4, -0.2) is 46.3 Å². The number of amides is 1. The molecule has 0 saturated carbocycles. The average Bonchev–Trinajstić information content (AvgIpc) is 2.42. The fourth-order valence-electron chi connectivity index (χ4n) is 2.57. The molecular formula is C16H19F3N2O4. The van der Waals surface area contributed by atoms with E-state index in [0.717, 1.165) is 12.1 Å². The van der Waals surface area contributed by atoms with Crippen molar-refractivity contribution in [3.05, 3.63) is 29.6 Å². The molecule has 0 aromatic heterocycles. The molecule has 138 valence electrons. The van der Waals surface area contributed by atoms with Gasteiger partial charge in [0.1, 0.15) is 5.60 Å². The number of hydrogen-bond acceptors (Lipinski definition) is 4. The summed E-state index contributed by atoms with van der Waals surface area (Å²) in [6.45, 7) is 4.90. The van der Waals surface area contributed by atoms with Crippen molar-refractivity contribution in [2.45, 2.75) is 38.3 Å². The van der Waals surface area contributed by atoms with E-state index in [1.165, 1.54) is 4.90 Å². The predicted octanol–water partition coefficient (Wildman–Crippen LogP) is 2.98. The van der Waals surface area contributed by atoms with Gasteiger partial charge >= 0.3 is 12.1 Å². The van der Waals surface area contributed by atoms with Gasteiger partial charge in [0.2, 0.25) is 0 Å². The summed E-state index contributed by atoms with van der Waals surface area (Å²) < 4.78 is 45.4. The Hall–Kier alpha value is -2.45. The highest BCUT2D eigenvalue weighted by Crippen LogP contribution is 2.32. The first-order valence-electron chi connectivity index (χ1n) is 7.54. The number of hydrogen-bond donors (Lipinski definition) is 2. The maximum absolute atomic E-state index is 13.8. The van der Waals surface area contributed by atoms with Gasteiger partial charge < -0.3 is 20.1 Å². The highest BCUT2D eigenvalue weighted by Gasteiger charge is 2.48. The van der Waals surface area contributed by atoms with E-state index in [1.54, 1.807) is 20.8 Å². The number of nitrogens with zero attached hydrogens (tertiary/aromatic N) is 1. The SMILES string of the molecule is CC(C)(C)OC(=O)N1CC(CC(=O)O)(Nc2ccc(F)c(F)c2F)C1. The van der Waals surface area contributed by atoms with Gasteiger partial charge in [-0.3, -0.25) is 4.79 Å². The zero-order valence-electron chi connectivity index (χ0n) is 14.0. The number of carboxylic acid groups (broad SMARTS) is 1. The number of nitrogens with one attached hydrogen (secondary N) is 1. The molecule has 9 heteroatoms. The molecule has 6 nitrogen and oxygen atoms in total. The molecule has 1 aromatic carbocycles. The zero-order chi connectivity index (χ0) is 19.0. The van der Waals surface area contributed by atoms with Crippen molar-refractivity contribution in [3.63, 3.8) is 0 Å². The van der Waals surface area contributed by atoms with Crippen LogP contribution in [-0.2, 0) is 9.53 Å². The molecule has 1 aromatic rings. The third-order valence-corrected chi connectivity index (χ3v) is 3.56. The number of likely N-dealkylation sites (tertiary alicyclic amines) is 1. The number of halogens is 3. The van der Waals surface area contributed by atoms with Crippen molar-refractivity contribution >= 4 is 17.7 Å². The van der Waals surface area contributed by atoms with E-state index in [9.17, 15) is 22.8 Å². The predicted molar refractivity (Wildman–Crippen MR) is 82.7 cm³/mol. The van der Waals surface area contributed by atoms with E-state index in [4.69, 9.17) is 9.84 Å². The third-order valence-electron chi connectivity index (χ3n) is 3.56. The molecule has 0 radical (unpaired) electrons. The Morgan fingerprint density at radius 2 is 1.84 bits per heavy atom. The molecule has 0 unspecified atom stereocenters. The largest absolute Gasteiger partial charge is 0.481 e. The lowest BCUT2D eigenvalue weighted by Gasteiger charge is -2.50. The smallest absolute Gasteiger partial charge is 0.410 e. The molecule has 0 aliphatic carbocycles. The molecular weight excluding hydrogens is 341 g/mol. The Bertz CT molecular complexity index is 697. The second-order valence-electron chi connectivity index (χ2n) is 7.04. The lowest BCUT2D eigenvalue weighted by Crippen LogP contribution is -2.68. The number of benzene rings is 1. The van der Waals surface area contributed by atoms with Crippen molar-refractivity contribution in [2.75, 3.05) is 18.4 Å². The molecule has 1 aliphatic heterocycles. The standard InChI is InChI=1S/C16H19F3N2O4/c1-15(2,3)25-14(24)21-7-16(8-21,6-11(22)23)20-10-5-4-9(17)12(18)13(10)19/h4-5,20H,6-8H2,1-3H3,(H,22,23). The van der Waals surface area contributed by atoms with Crippen LogP contribution in [0.5, 0.6) is 0 Å². The molecule has 25 heavy (non-hydrogen) atoms. The summed E-state index contributed by atoms with van der Waals surface area (Å²) in [4.78, 5) is 24.3. The molecule has 1 amide bonds. The Morgan fingerprint density at radius 3 is 2.36 bits per heavy atom. The molecule has 0 spiro atoms. The molecule has 1 fully saturated rings. The highest BCUT2D eigenvalue weighted by atomic mass is 19.2. The Morgan fingerprint density at radius 1 is 1.24 bits per heavy atom. The summed E-state index contributed by atoms with van der Waals surface area (Å²) in [6, 6.07) is 1.72. The van der Waals surface area contributed by atoms with E-state index < -0.39 is 47.1 Å². The second kappa shape index (κ2) is 6.45. The quantitative estimate of drug-likeness (QED) is 0.807. The molecule has 0 atom stereocenters. The van der Waals surface area contributed by atoms with Crippen molar-refractivity contribution < 1.29 is 32.6 Å². The van der Waals surface area contributed by atoms with Crippen molar-refractivity contribution in [1.29, 1.82) is 0 Å². The minimum atomic E-state index is -1.65. The number of carbonyl (C=O) groups excluding carboxylic acids is 1. The van der Waals surface area contributed by atoms with E-state index >= 15 is 0 Å². The van der Waals surface area contributed by atoms with Gasteiger partial charge in [0, 0.05) is 13.1 Å². The van der Waals surface area contributed by atoms with E-state index in [0.29, 0.717) is 0 Å². The first kappa shape index (κ1) is 18.9. The maximum Gasteiger partial charge on any atom is 0.410 e. The summed E-state index contributed by atoms with van der Waals surface area (Å²) in [5.41, 5.74) is -2.29. The Kier molecular flexibility index (Phi) is 4.87. The van der Waals surface area contributed by atoms with Crippen LogP contribution in [0.3, 0.4) is 0 Å². The van der Waals surface area contributed by atoms with Crippen LogP contribution in [0.1, 0.15) is 27.2 Å². The van der Waals surface area contributed by atoms with Crippen LogP contribution in [0.2, 0.25) is 0 Å².